The number of nitrogens with zero attached hydrogens (tertiary/aromatic N) is 5. The highest BCUT2D eigenvalue weighted by atomic mass is 35.5. The van der Waals surface area contributed by atoms with Crippen LogP contribution in [0.1, 0.15) is 120 Å². The monoisotopic (exact) mass is 828 g/mol. The molecular formula is C47H49ClN6O6. The summed E-state index contributed by atoms with van der Waals surface area (Å²) in [5.74, 6) is -0.756. The summed E-state index contributed by atoms with van der Waals surface area (Å²) in [6.07, 6.45) is 10.7. The first-order chi connectivity index (χ1) is 29.1. The lowest BCUT2D eigenvalue weighted by molar-refractivity contribution is -0.136. The highest BCUT2D eigenvalue weighted by Gasteiger charge is 2.50. The zero-order valence-corrected chi connectivity index (χ0v) is 34.4. The minimum absolute atomic E-state index is 0.0112. The summed E-state index contributed by atoms with van der Waals surface area (Å²) in [5, 5.41) is 2.66. The Balaban J connectivity index is 0.681. The number of halogens is 1. The van der Waals surface area contributed by atoms with E-state index in [-0.39, 0.29) is 42.8 Å². The Hall–Kier alpha value is -5.25. The maximum absolute atomic E-state index is 13.8. The van der Waals surface area contributed by atoms with Gasteiger partial charge in [0.2, 0.25) is 17.5 Å². The predicted molar refractivity (Wildman–Crippen MR) is 224 cm³/mol. The molecule has 5 heterocycles. The summed E-state index contributed by atoms with van der Waals surface area (Å²) in [6, 6.07) is 19.0. The van der Waals surface area contributed by atoms with Crippen LogP contribution >= 0.6 is 11.6 Å². The van der Waals surface area contributed by atoms with Crippen LogP contribution in [-0.2, 0) is 9.59 Å². The van der Waals surface area contributed by atoms with Crippen molar-refractivity contribution in [3.8, 4) is 5.75 Å². The molecule has 1 spiro atoms. The van der Waals surface area contributed by atoms with Crippen molar-refractivity contribution in [3.05, 3.63) is 99.4 Å². The highest BCUT2D eigenvalue weighted by Crippen LogP contribution is 2.56. The molecule has 2 saturated carbocycles. The molecule has 0 radical (unpaired) electrons. The molecule has 0 aromatic heterocycles. The Morgan fingerprint density at radius 1 is 0.800 bits per heavy atom. The molecule has 10 rings (SSSR count). The number of carbonyl (C=O) groups excluding carboxylic acids is 5. The Labute approximate surface area is 355 Å². The molecule has 7 aliphatic rings. The number of nitrogens with one attached hydrogen (secondary N) is 1. The average molecular weight is 829 g/mol. The third-order valence-electron chi connectivity index (χ3n) is 14.9. The fraction of sp³-hybridized carbons (Fsp3) is 0.489. The van der Waals surface area contributed by atoms with Crippen molar-refractivity contribution in [2.24, 2.45) is 5.41 Å². The quantitative estimate of drug-likeness (QED) is 0.197. The van der Waals surface area contributed by atoms with E-state index in [1.165, 1.54) is 12.8 Å². The van der Waals surface area contributed by atoms with Crippen LogP contribution in [0, 0.1) is 12.0 Å². The summed E-state index contributed by atoms with van der Waals surface area (Å²) in [7, 11) is 0. The first-order valence-electron chi connectivity index (χ1n) is 21.7. The van der Waals surface area contributed by atoms with Crippen LogP contribution in [-0.4, -0.2) is 101 Å². The van der Waals surface area contributed by atoms with Gasteiger partial charge in [-0.2, -0.15) is 0 Å². The first kappa shape index (κ1) is 38.9. The second-order valence-electron chi connectivity index (χ2n) is 18.2. The topological polar surface area (TPSA) is 124 Å². The van der Waals surface area contributed by atoms with Crippen molar-refractivity contribution in [1.29, 1.82) is 0 Å². The van der Waals surface area contributed by atoms with E-state index in [2.05, 4.69) is 37.0 Å². The number of fused-ring (bicyclic) bond motifs is 3. The van der Waals surface area contributed by atoms with Gasteiger partial charge in [-0.1, -0.05) is 23.7 Å². The number of carbonyl (C=O) groups is 5. The predicted octanol–water partition coefficient (Wildman–Crippen LogP) is 7.14. The minimum Gasteiger partial charge on any atom is -0.490 e. The largest absolute Gasteiger partial charge is 0.490 e. The van der Waals surface area contributed by atoms with E-state index in [4.69, 9.17) is 22.9 Å². The second-order valence-corrected chi connectivity index (χ2v) is 18.6. The van der Waals surface area contributed by atoms with Gasteiger partial charge >= 0.3 is 0 Å². The van der Waals surface area contributed by atoms with Gasteiger partial charge in [0, 0.05) is 74.8 Å². The standard InChI is InChI=1S/C47H49ClN6O6/c1-49-40-11-9-35(25-39(40)48)60-36-23-32-7-8-33(24-36)53(32)44(57)29-2-5-31(6-3-29)51-18-20-52(21-19-51)34-26-47(27-34)16-14-28(15-17-47)30-4-10-37-38(22-30)46(59)54(45(37)58)41-12-13-42(55)50-43(41)56/h2-6,9-11,22,25,28,32-34,36,41H,7-8,12-21,23-24,26-27H2,(H,50,55,56). The van der Waals surface area contributed by atoms with E-state index in [0.29, 0.717) is 45.0 Å². The summed E-state index contributed by atoms with van der Waals surface area (Å²) in [5.41, 5.74) is 4.49. The summed E-state index contributed by atoms with van der Waals surface area (Å²) in [6.45, 7) is 11.2. The van der Waals surface area contributed by atoms with E-state index in [9.17, 15) is 24.0 Å². The number of ether oxygens (including phenoxy) is 1. The Bertz CT molecular complexity index is 2290. The lowest BCUT2D eigenvalue weighted by Crippen LogP contribution is -2.57. The second kappa shape index (κ2) is 15.3. The van der Waals surface area contributed by atoms with Crippen molar-refractivity contribution in [2.75, 3.05) is 31.1 Å². The molecule has 3 atom stereocenters. The van der Waals surface area contributed by atoms with Gasteiger partial charge in [-0.3, -0.25) is 39.1 Å². The molecule has 5 amide bonds. The van der Waals surface area contributed by atoms with Gasteiger partial charge in [-0.05, 0) is 123 Å². The molecule has 3 aromatic rings. The van der Waals surface area contributed by atoms with Gasteiger partial charge in [0.1, 0.15) is 17.9 Å². The van der Waals surface area contributed by atoms with Crippen LogP contribution in [0.15, 0.2) is 60.7 Å². The van der Waals surface area contributed by atoms with Gasteiger partial charge in [-0.15, -0.1) is 0 Å². The van der Waals surface area contributed by atoms with E-state index in [1.807, 2.05) is 24.3 Å². The van der Waals surface area contributed by atoms with Crippen molar-refractivity contribution < 1.29 is 28.7 Å². The lowest BCUT2D eigenvalue weighted by Gasteiger charge is -2.56. The van der Waals surface area contributed by atoms with E-state index in [1.54, 1.807) is 24.3 Å². The molecule has 12 nitrogen and oxygen atoms in total. The molecule has 2 bridgehead atoms. The maximum atomic E-state index is 13.8. The van der Waals surface area contributed by atoms with E-state index >= 15 is 0 Å². The molecule has 13 heteroatoms. The van der Waals surface area contributed by atoms with Crippen LogP contribution in [0.5, 0.6) is 5.75 Å². The molecule has 1 N–H and O–H groups in total. The van der Waals surface area contributed by atoms with Gasteiger partial charge in [0.05, 0.1) is 22.7 Å². The smallest absolute Gasteiger partial charge is 0.262 e. The number of amides is 5. The number of piperazine rings is 1. The van der Waals surface area contributed by atoms with Crippen LogP contribution in [0.2, 0.25) is 5.02 Å². The molecule has 3 unspecified atom stereocenters. The van der Waals surface area contributed by atoms with Crippen molar-refractivity contribution in [2.45, 2.75) is 113 Å². The van der Waals surface area contributed by atoms with Gasteiger partial charge in [0.25, 0.3) is 17.7 Å². The van der Waals surface area contributed by atoms with Crippen LogP contribution in [0.4, 0.5) is 11.4 Å². The molecule has 4 saturated heterocycles. The fourth-order valence-electron chi connectivity index (χ4n) is 11.6. The summed E-state index contributed by atoms with van der Waals surface area (Å²) in [4.78, 5) is 76.2. The molecule has 60 heavy (non-hydrogen) atoms. The van der Waals surface area contributed by atoms with Crippen molar-refractivity contribution in [1.82, 2.24) is 20.0 Å². The molecule has 310 valence electrons. The number of hydrogen-bond donors (Lipinski definition) is 1. The summed E-state index contributed by atoms with van der Waals surface area (Å²) >= 11 is 6.24. The number of hydrogen-bond acceptors (Lipinski definition) is 8. The number of rotatable bonds is 7. The molecule has 3 aromatic carbocycles. The summed E-state index contributed by atoms with van der Waals surface area (Å²) < 4.78 is 6.29. The first-order valence-corrected chi connectivity index (χ1v) is 22.1. The van der Waals surface area contributed by atoms with Gasteiger partial charge < -0.3 is 14.5 Å². The van der Waals surface area contributed by atoms with E-state index < -0.39 is 23.8 Å². The molecular weight excluding hydrogens is 780 g/mol. The van der Waals surface area contributed by atoms with Crippen LogP contribution in [0.25, 0.3) is 4.85 Å². The molecule has 5 aliphatic heterocycles. The maximum Gasteiger partial charge on any atom is 0.262 e. The van der Waals surface area contributed by atoms with Gasteiger partial charge in [0.15, 0.2) is 0 Å². The zero-order chi connectivity index (χ0) is 41.3. The number of benzene rings is 3. The average Bonchev–Trinajstić information content (AvgIpc) is 3.66. The Morgan fingerprint density at radius 3 is 2.17 bits per heavy atom. The minimum atomic E-state index is -0.950. The number of imide groups is 2. The normalized spacial score (nSPS) is 30.2. The van der Waals surface area contributed by atoms with Crippen molar-refractivity contribution >= 4 is 52.5 Å². The lowest BCUT2D eigenvalue weighted by atomic mass is 9.56. The van der Waals surface area contributed by atoms with Gasteiger partial charge in [-0.25, -0.2) is 4.85 Å². The highest BCUT2D eigenvalue weighted by molar-refractivity contribution is 6.33. The number of piperidine rings is 2. The molecule has 6 fully saturated rings. The van der Waals surface area contributed by atoms with E-state index in [0.717, 1.165) is 99.3 Å². The molecule has 2 aliphatic carbocycles. The van der Waals surface area contributed by atoms with Crippen LogP contribution < -0.4 is 15.0 Å². The Morgan fingerprint density at radius 2 is 1.50 bits per heavy atom. The Kier molecular flexibility index (Phi) is 9.95. The fourth-order valence-corrected chi connectivity index (χ4v) is 11.8. The van der Waals surface area contributed by atoms with Crippen molar-refractivity contribution in [3.63, 3.8) is 0 Å². The third-order valence-corrected chi connectivity index (χ3v) is 15.2. The third kappa shape index (κ3) is 6.93. The zero-order valence-electron chi connectivity index (χ0n) is 33.6. The number of anilines is 1. The van der Waals surface area contributed by atoms with Crippen LogP contribution in [0.3, 0.4) is 0 Å². The SMILES string of the molecule is [C-]#[N+]c1ccc(OC2CC3CCC(C2)N3C(=O)c2ccc(N3CCN(C4CC5(CCC(c6ccc7c(c6)C(=O)N(C6CCC(=O)NC6=O)C7=O)CC5)C4)CC3)cc2)cc1Cl.